The Labute approximate surface area is 125 Å². The van der Waals surface area contributed by atoms with Crippen molar-refractivity contribution in [3.63, 3.8) is 0 Å². The third-order valence-corrected chi connectivity index (χ3v) is 3.07. The first-order valence-electron chi connectivity index (χ1n) is 7.03. The van der Waals surface area contributed by atoms with Crippen LogP contribution in [0, 0.1) is 0 Å². The molecule has 0 radical (unpaired) electrons. The minimum absolute atomic E-state index is 0.228. The number of ether oxygens (including phenoxy) is 3. The van der Waals surface area contributed by atoms with E-state index < -0.39 is 11.8 Å². The van der Waals surface area contributed by atoms with Crippen LogP contribution in [0.4, 0.5) is 0 Å². The number of carbonyl (C=O) groups excluding carboxylic acids is 2. The van der Waals surface area contributed by atoms with Crippen LogP contribution >= 0.6 is 0 Å². The molecule has 0 bridgehead atoms. The second kappa shape index (κ2) is 9.00. The molecule has 0 saturated heterocycles. The molecule has 0 atom stereocenters. The third-order valence-electron chi connectivity index (χ3n) is 3.07. The fourth-order valence-electron chi connectivity index (χ4n) is 1.96. The van der Waals surface area contributed by atoms with Gasteiger partial charge in [-0.1, -0.05) is 6.07 Å². The minimum Gasteiger partial charge on any atom is -0.493 e. The van der Waals surface area contributed by atoms with Gasteiger partial charge in [-0.25, -0.2) is 4.79 Å². The normalized spacial score (nSPS) is 10.0. The van der Waals surface area contributed by atoms with Crippen LogP contribution in [0.3, 0.4) is 0 Å². The fraction of sp³-hybridized carbons (Fsp3) is 0.500. The van der Waals surface area contributed by atoms with Gasteiger partial charge in [-0.3, -0.25) is 4.79 Å². The summed E-state index contributed by atoms with van der Waals surface area (Å²) in [6, 6.07) is 5.75. The van der Waals surface area contributed by atoms with Crippen molar-refractivity contribution >= 4 is 11.8 Å². The fourth-order valence-corrected chi connectivity index (χ4v) is 1.96. The molecule has 0 N–H and O–H groups in total. The molecule has 0 saturated carbocycles. The SMILES string of the molecule is CCOC(=O)C(=O)CCCCc1ccc(OC)c(OC)c1. The van der Waals surface area contributed by atoms with Gasteiger partial charge in [0.15, 0.2) is 11.5 Å². The summed E-state index contributed by atoms with van der Waals surface area (Å²) < 4.78 is 15.1. The van der Waals surface area contributed by atoms with Crippen LogP contribution < -0.4 is 9.47 Å². The molecule has 116 valence electrons. The summed E-state index contributed by atoms with van der Waals surface area (Å²) in [4.78, 5) is 22.6. The van der Waals surface area contributed by atoms with Gasteiger partial charge in [0, 0.05) is 6.42 Å². The second-order valence-electron chi connectivity index (χ2n) is 4.54. The van der Waals surface area contributed by atoms with E-state index >= 15 is 0 Å². The number of benzene rings is 1. The van der Waals surface area contributed by atoms with Gasteiger partial charge in [0.2, 0.25) is 5.78 Å². The van der Waals surface area contributed by atoms with E-state index in [9.17, 15) is 9.59 Å². The van der Waals surface area contributed by atoms with Gasteiger partial charge in [-0.2, -0.15) is 0 Å². The van der Waals surface area contributed by atoms with Gasteiger partial charge in [0.1, 0.15) is 0 Å². The smallest absolute Gasteiger partial charge is 0.374 e. The van der Waals surface area contributed by atoms with E-state index in [0.717, 1.165) is 18.4 Å². The van der Waals surface area contributed by atoms with Crippen molar-refractivity contribution in [2.75, 3.05) is 20.8 Å². The van der Waals surface area contributed by atoms with Gasteiger partial charge in [0.05, 0.1) is 20.8 Å². The van der Waals surface area contributed by atoms with Gasteiger partial charge < -0.3 is 14.2 Å². The Bertz CT molecular complexity index is 482. The molecule has 5 nitrogen and oxygen atoms in total. The number of rotatable bonds is 9. The Balaban J connectivity index is 2.39. The summed E-state index contributed by atoms with van der Waals surface area (Å²) in [6.45, 7) is 1.92. The van der Waals surface area contributed by atoms with Gasteiger partial charge in [-0.05, 0) is 43.9 Å². The summed E-state index contributed by atoms with van der Waals surface area (Å²) >= 11 is 0. The maximum atomic E-state index is 11.4. The van der Waals surface area contributed by atoms with E-state index in [1.54, 1.807) is 21.1 Å². The summed E-state index contributed by atoms with van der Waals surface area (Å²) in [5, 5.41) is 0. The number of hydrogen-bond acceptors (Lipinski definition) is 5. The molecule has 1 aromatic rings. The molecule has 0 aliphatic rings. The van der Waals surface area contributed by atoms with Crippen LogP contribution in [-0.2, 0) is 20.7 Å². The van der Waals surface area contributed by atoms with E-state index in [0.29, 0.717) is 17.9 Å². The number of aryl methyl sites for hydroxylation is 1. The maximum absolute atomic E-state index is 11.4. The molecule has 1 aromatic carbocycles. The summed E-state index contributed by atoms with van der Waals surface area (Å²) in [6.07, 6.45) is 2.52. The quantitative estimate of drug-likeness (QED) is 0.398. The standard InChI is InChI=1S/C16H22O5/c1-4-21-16(18)13(17)8-6-5-7-12-9-10-14(19-2)15(11-12)20-3/h9-11H,4-8H2,1-3H3. The molecule has 0 aliphatic carbocycles. The van der Waals surface area contributed by atoms with Crippen molar-refractivity contribution in [2.45, 2.75) is 32.6 Å². The number of unbranched alkanes of at least 4 members (excludes halogenated alkanes) is 1. The van der Waals surface area contributed by atoms with Gasteiger partial charge in [0.25, 0.3) is 0 Å². The molecular weight excluding hydrogens is 272 g/mol. The average Bonchev–Trinajstić information content (AvgIpc) is 2.51. The van der Waals surface area contributed by atoms with Crippen molar-refractivity contribution in [2.24, 2.45) is 0 Å². The van der Waals surface area contributed by atoms with Crippen molar-refractivity contribution in [3.05, 3.63) is 23.8 Å². The summed E-state index contributed by atoms with van der Waals surface area (Å²) in [7, 11) is 3.19. The second-order valence-corrected chi connectivity index (χ2v) is 4.54. The van der Waals surface area contributed by atoms with Gasteiger partial charge in [-0.15, -0.1) is 0 Å². The Kier molecular flexibility index (Phi) is 7.29. The molecule has 0 amide bonds. The number of Topliss-reactive ketones (excluding diaryl/α,β-unsaturated/α-hetero) is 1. The molecule has 0 fully saturated rings. The van der Waals surface area contributed by atoms with Crippen molar-refractivity contribution in [1.82, 2.24) is 0 Å². The largest absolute Gasteiger partial charge is 0.493 e. The van der Waals surface area contributed by atoms with Crippen molar-refractivity contribution < 1.29 is 23.8 Å². The number of hydrogen-bond donors (Lipinski definition) is 0. The van der Waals surface area contributed by atoms with Crippen molar-refractivity contribution in [3.8, 4) is 11.5 Å². The molecule has 0 spiro atoms. The highest BCUT2D eigenvalue weighted by Crippen LogP contribution is 2.28. The predicted molar refractivity (Wildman–Crippen MR) is 78.7 cm³/mol. The number of carbonyl (C=O) groups is 2. The van der Waals surface area contributed by atoms with Crippen LogP contribution in [0.25, 0.3) is 0 Å². The first-order chi connectivity index (χ1) is 10.1. The molecule has 0 aromatic heterocycles. The lowest BCUT2D eigenvalue weighted by atomic mass is 10.1. The molecule has 0 heterocycles. The molecule has 0 unspecified atom stereocenters. The van der Waals surface area contributed by atoms with Crippen LogP contribution in [0.15, 0.2) is 18.2 Å². The van der Waals surface area contributed by atoms with E-state index in [1.165, 1.54) is 0 Å². The van der Waals surface area contributed by atoms with Crippen LogP contribution in [0.5, 0.6) is 11.5 Å². The Hall–Kier alpha value is -2.04. The monoisotopic (exact) mass is 294 g/mol. The number of methoxy groups -OCH3 is 2. The molecule has 0 aliphatic heterocycles. The van der Waals surface area contributed by atoms with E-state index in [4.69, 9.17) is 9.47 Å². The number of esters is 1. The highest BCUT2D eigenvalue weighted by atomic mass is 16.5. The van der Waals surface area contributed by atoms with Crippen LogP contribution in [0.2, 0.25) is 0 Å². The molecule has 5 heteroatoms. The van der Waals surface area contributed by atoms with Gasteiger partial charge >= 0.3 is 5.97 Å². The zero-order chi connectivity index (χ0) is 15.7. The predicted octanol–water partition coefficient (Wildman–Crippen LogP) is 2.55. The van der Waals surface area contributed by atoms with E-state index in [1.807, 2.05) is 18.2 Å². The van der Waals surface area contributed by atoms with Crippen molar-refractivity contribution in [1.29, 1.82) is 0 Å². The summed E-state index contributed by atoms with van der Waals surface area (Å²) in [5.74, 6) is 0.198. The lowest BCUT2D eigenvalue weighted by Crippen LogP contribution is -2.16. The highest BCUT2D eigenvalue weighted by molar-refractivity contribution is 6.33. The Morgan fingerprint density at radius 3 is 2.38 bits per heavy atom. The van der Waals surface area contributed by atoms with Crippen LogP contribution in [-0.4, -0.2) is 32.6 Å². The first kappa shape index (κ1) is 17.0. The first-order valence-corrected chi connectivity index (χ1v) is 7.03. The lowest BCUT2D eigenvalue weighted by molar-refractivity contribution is -0.153. The zero-order valence-corrected chi connectivity index (χ0v) is 12.8. The lowest BCUT2D eigenvalue weighted by Gasteiger charge is -2.09. The minimum atomic E-state index is -0.733. The Morgan fingerprint density at radius 1 is 1.05 bits per heavy atom. The zero-order valence-electron chi connectivity index (χ0n) is 12.8. The number of ketones is 1. The maximum Gasteiger partial charge on any atom is 0.374 e. The van der Waals surface area contributed by atoms with E-state index in [-0.39, 0.29) is 13.0 Å². The molecule has 21 heavy (non-hydrogen) atoms. The molecule has 1 rings (SSSR count). The van der Waals surface area contributed by atoms with E-state index in [2.05, 4.69) is 4.74 Å². The summed E-state index contributed by atoms with van der Waals surface area (Å²) in [5.41, 5.74) is 1.11. The topological polar surface area (TPSA) is 61.8 Å². The van der Waals surface area contributed by atoms with Crippen LogP contribution in [0.1, 0.15) is 31.7 Å². The average molecular weight is 294 g/mol. The Morgan fingerprint density at radius 2 is 1.76 bits per heavy atom. The third kappa shape index (κ3) is 5.45. The highest BCUT2D eigenvalue weighted by Gasteiger charge is 2.13. The molecular formula is C16H22O5.